The fourth-order valence-corrected chi connectivity index (χ4v) is 2.19. The van der Waals surface area contributed by atoms with Gasteiger partial charge in [0.25, 0.3) is 5.91 Å². The van der Waals surface area contributed by atoms with Crippen LogP contribution in [0.2, 0.25) is 0 Å². The molecule has 2 aromatic rings. The molecule has 3 rings (SSSR count). The highest BCUT2D eigenvalue weighted by atomic mass is 16.7. The monoisotopic (exact) mass is 314 g/mol. The summed E-state index contributed by atoms with van der Waals surface area (Å²) in [6, 6.07) is 8.91. The maximum atomic E-state index is 12.3. The molecule has 0 aliphatic carbocycles. The number of carbonyl (C=O) groups is 1. The van der Waals surface area contributed by atoms with Crippen molar-refractivity contribution in [1.29, 1.82) is 0 Å². The van der Waals surface area contributed by atoms with Crippen LogP contribution in [0, 0.1) is 6.92 Å². The zero-order valence-corrected chi connectivity index (χ0v) is 13.0. The van der Waals surface area contributed by atoms with Crippen LogP contribution in [0.5, 0.6) is 17.2 Å². The number of amides is 1. The van der Waals surface area contributed by atoms with Gasteiger partial charge in [-0.3, -0.25) is 4.79 Å². The Morgan fingerprint density at radius 1 is 1.30 bits per heavy atom. The Labute approximate surface area is 134 Å². The quantitative estimate of drug-likeness (QED) is 0.919. The van der Waals surface area contributed by atoms with Crippen molar-refractivity contribution in [3.63, 3.8) is 0 Å². The summed E-state index contributed by atoms with van der Waals surface area (Å²) in [5.41, 5.74) is 1.03. The van der Waals surface area contributed by atoms with Gasteiger partial charge in [0.05, 0.1) is 0 Å². The summed E-state index contributed by atoms with van der Waals surface area (Å²) in [7, 11) is 0. The average molecular weight is 314 g/mol. The van der Waals surface area contributed by atoms with Gasteiger partial charge in [0.2, 0.25) is 6.79 Å². The predicted molar refractivity (Wildman–Crippen MR) is 84.9 cm³/mol. The first-order valence-electron chi connectivity index (χ1n) is 7.45. The van der Waals surface area contributed by atoms with Crippen LogP contribution in [-0.4, -0.2) is 23.8 Å². The summed E-state index contributed by atoms with van der Waals surface area (Å²) in [6.07, 6.45) is 1.62. The Bertz CT molecular complexity index is 700. The van der Waals surface area contributed by atoms with Crippen LogP contribution in [0.1, 0.15) is 18.9 Å². The third-order valence-electron chi connectivity index (χ3n) is 3.45. The van der Waals surface area contributed by atoms with Crippen LogP contribution in [0.15, 0.2) is 36.5 Å². The van der Waals surface area contributed by atoms with Crippen LogP contribution in [-0.2, 0) is 4.79 Å². The lowest BCUT2D eigenvalue weighted by Gasteiger charge is -2.17. The standard InChI is InChI=1S/C17H18N2O4/c1-3-13(17(20)19-16-7-4-11(2)9-18-16)23-12-5-6-14-15(8-12)22-10-21-14/h4-9,13H,3,10H2,1-2H3,(H,18,19,20). The number of aromatic nitrogens is 1. The fourth-order valence-electron chi connectivity index (χ4n) is 2.19. The predicted octanol–water partition coefficient (Wildman–Crippen LogP) is 2.91. The fraction of sp³-hybridized carbons (Fsp3) is 0.294. The van der Waals surface area contributed by atoms with Crippen molar-refractivity contribution < 1.29 is 19.0 Å². The zero-order chi connectivity index (χ0) is 16.2. The molecular weight excluding hydrogens is 296 g/mol. The lowest BCUT2D eigenvalue weighted by atomic mass is 10.2. The van der Waals surface area contributed by atoms with Gasteiger partial charge in [-0.25, -0.2) is 4.98 Å². The first-order valence-corrected chi connectivity index (χ1v) is 7.45. The van der Waals surface area contributed by atoms with E-state index >= 15 is 0 Å². The van der Waals surface area contributed by atoms with Crippen molar-refractivity contribution in [3.05, 3.63) is 42.1 Å². The molecule has 1 aromatic heterocycles. The minimum Gasteiger partial charge on any atom is -0.480 e. The summed E-state index contributed by atoms with van der Waals surface area (Å²) >= 11 is 0. The Balaban J connectivity index is 1.67. The second kappa shape index (κ2) is 6.56. The molecule has 0 radical (unpaired) electrons. The average Bonchev–Trinajstić information content (AvgIpc) is 3.02. The van der Waals surface area contributed by atoms with E-state index in [2.05, 4.69) is 10.3 Å². The first-order chi connectivity index (χ1) is 11.2. The van der Waals surface area contributed by atoms with E-state index in [0.29, 0.717) is 29.5 Å². The number of nitrogens with zero attached hydrogens (tertiary/aromatic N) is 1. The molecule has 1 atom stereocenters. The van der Waals surface area contributed by atoms with Crippen LogP contribution in [0.4, 0.5) is 5.82 Å². The van der Waals surface area contributed by atoms with E-state index in [9.17, 15) is 4.79 Å². The number of ether oxygens (including phenoxy) is 3. The van der Waals surface area contributed by atoms with Crippen molar-refractivity contribution >= 4 is 11.7 Å². The minimum atomic E-state index is -0.613. The summed E-state index contributed by atoms with van der Waals surface area (Å²) < 4.78 is 16.3. The number of rotatable bonds is 5. The number of fused-ring (bicyclic) bond motifs is 1. The molecule has 0 bridgehead atoms. The summed E-state index contributed by atoms with van der Waals surface area (Å²) in [6.45, 7) is 4.03. The third-order valence-corrected chi connectivity index (χ3v) is 3.45. The summed E-state index contributed by atoms with van der Waals surface area (Å²) in [5, 5.41) is 2.76. The van der Waals surface area contributed by atoms with E-state index in [0.717, 1.165) is 5.56 Å². The van der Waals surface area contributed by atoms with E-state index < -0.39 is 6.10 Å². The minimum absolute atomic E-state index is 0.204. The van der Waals surface area contributed by atoms with Crippen molar-refractivity contribution in [3.8, 4) is 17.2 Å². The van der Waals surface area contributed by atoms with Gasteiger partial charge in [-0.2, -0.15) is 0 Å². The lowest BCUT2D eigenvalue weighted by molar-refractivity contribution is -0.122. The van der Waals surface area contributed by atoms with Crippen molar-refractivity contribution in [1.82, 2.24) is 4.98 Å². The van der Waals surface area contributed by atoms with Gasteiger partial charge in [0.15, 0.2) is 17.6 Å². The smallest absolute Gasteiger partial charge is 0.266 e. The van der Waals surface area contributed by atoms with Crippen molar-refractivity contribution in [2.75, 3.05) is 12.1 Å². The summed E-state index contributed by atoms with van der Waals surface area (Å²) in [5.74, 6) is 2.14. The van der Waals surface area contributed by atoms with Gasteiger partial charge in [-0.05, 0) is 37.1 Å². The molecular formula is C17H18N2O4. The number of hydrogen-bond acceptors (Lipinski definition) is 5. The molecule has 1 unspecified atom stereocenters. The molecule has 23 heavy (non-hydrogen) atoms. The van der Waals surface area contributed by atoms with Crippen LogP contribution in [0.25, 0.3) is 0 Å². The third kappa shape index (κ3) is 3.53. The maximum Gasteiger partial charge on any atom is 0.266 e. The van der Waals surface area contributed by atoms with E-state index in [4.69, 9.17) is 14.2 Å². The topological polar surface area (TPSA) is 69.7 Å². The van der Waals surface area contributed by atoms with Crippen LogP contribution < -0.4 is 19.5 Å². The number of nitrogens with one attached hydrogen (secondary N) is 1. The lowest BCUT2D eigenvalue weighted by Crippen LogP contribution is -2.32. The second-order valence-electron chi connectivity index (χ2n) is 5.24. The summed E-state index contributed by atoms with van der Waals surface area (Å²) in [4.78, 5) is 16.5. The molecule has 1 N–H and O–H groups in total. The number of carbonyl (C=O) groups excluding carboxylic acids is 1. The van der Waals surface area contributed by atoms with Gasteiger partial charge >= 0.3 is 0 Å². The molecule has 1 amide bonds. The maximum absolute atomic E-state index is 12.3. The highest BCUT2D eigenvalue weighted by Crippen LogP contribution is 2.35. The molecule has 0 fully saturated rings. The van der Waals surface area contributed by atoms with Gasteiger partial charge < -0.3 is 19.5 Å². The first kappa shape index (κ1) is 15.1. The molecule has 6 heteroatoms. The Morgan fingerprint density at radius 2 is 2.13 bits per heavy atom. The Hall–Kier alpha value is -2.76. The number of anilines is 1. The van der Waals surface area contributed by atoms with Gasteiger partial charge in [-0.1, -0.05) is 13.0 Å². The second-order valence-corrected chi connectivity index (χ2v) is 5.24. The SMILES string of the molecule is CCC(Oc1ccc2c(c1)OCO2)C(=O)Nc1ccc(C)cn1. The van der Waals surface area contributed by atoms with Crippen molar-refractivity contribution in [2.24, 2.45) is 0 Å². The van der Waals surface area contributed by atoms with Gasteiger partial charge in [0.1, 0.15) is 11.6 Å². The largest absolute Gasteiger partial charge is 0.480 e. The number of hydrogen-bond donors (Lipinski definition) is 1. The molecule has 1 aromatic carbocycles. The zero-order valence-electron chi connectivity index (χ0n) is 13.0. The normalized spacial score (nSPS) is 13.5. The van der Waals surface area contributed by atoms with E-state index in [1.54, 1.807) is 30.5 Å². The molecule has 6 nitrogen and oxygen atoms in total. The molecule has 120 valence electrons. The van der Waals surface area contributed by atoms with E-state index in [1.807, 2.05) is 19.9 Å². The van der Waals surface area contributed by atoms with Gasteiger partial charge in [0, 0.05) is 12.3 Å². The number of benzene rings is 1. The molecule has 0 spiro atoms. The Kier molecular flexibility index (Phi) is 4.32. The molecule has 2 heterocycles. The highest BCUT2D eigenvalue weighted by Gasteiger charge is 2.21. The van der Waals surface area contributed by atoms with Gasteiger partial charge in [-0.15, -0.1) is 0 Å². The molecule has 1 aliphatic rings. The highest BCUT2D eigenvalue weighted by molar-refractivity contribution is 5.93. The van der Waals surface area contributed by atoms with Crippen LogP contribution in [0.3, 0.4) is 0 Å². The Morgan fingerprint density at radius 3 is 2.87 bits per heavy atom. The number of pyridine rings is 1. The molecule has 1 aliphatic heterocycles. The number of aryl methyl sites for hydroxylation is 1. The van der Waals surface area contributed by atoms with Crippen molar-refractivity contribution in [2.45, 2.75) is 26.4 Å². The van der Waals surface area contributed by atoms with E-state index in [1.165, 1.54) is 0 Å². The molecule has 0 saturated carbocycles. The van der Waals surface area contributed by atoms with Crippen LogP contribution >= 0.6 is 0 Å². The van der Waals surface area contributed by atoms with E-state index in [-0.39, 0.29) is 12.7 Å². The molecule has 0 saturated heterocycles.